The molecule has 0 radical (unpaired) electrons. The summed E-state index contributed by atoms with van der Waals surface area (Å²) >= 11 is 0. The molecule has 0 bridgehead atoms. The van der Waals surface area contributed by atoms with Crippen molar-refractivity contribution in [1.82, 2.24) is 16.0 Å². The van der Waals surface area contributed by atoms with E-state index in [0.717, 1.165) is 43.4 Å². The standard InChI is InChI=1S/C20H31N3O3/c1-15-4-3-5-18(12-15)19(24)22-13-16-6-8-17(9-7-16)14-23-20(25)21-10-11-26-2/h3-5,12,16-17H,6-11,13-14H2,1-2H3,(H,22,24)(H2,21,23,25). The van der Waals surface area contributed by atoms with Crippen molar-refractivity contribution in [2.45, 2.75) is 32.6 Å². The second-order valence-corrected chi connectivity index (χ2v) is 7.10. The number of amides is 3. The Morgan fingerprint density at radius 2 is 1.69 bits per heavy atom. The second kappa shape index (κ2) is 10.8. The highest BCUT2D eigenvalue weighted by Crippen LogP contribution is 2.28. The van der Waals surface area contributed by atoms with Crippen LogP contribution in [0.2, 0.25) is 0 Å². The summed E-state index contributed by atoms with van der Waals surface area (Å²) in [5.74, 6) is 1.05. The summed E-state index contributed by atoms with van der Waals surface area (Å²) in [6.45, 7) is 4.47. The van der Waals surface area contributed by atoms with E-state index in [-0.39, 0.29) is 11.9 Å². The van der Waals surface area contributed by atoms with Gasteiger partial charge in [-0.25, -0.2) is 4.79 Å². The summed E-state index contributed by atoms with van der Waals surface area (Å²) in [6, 6.07) is 7.53. The van der Waals surface area contributed by atoms with E-state index in [4.69, 9.17) is 4.74 Å². The highest BCUT2D eigenvalue weighted by Gasteiger charge is 2.22. The number of aryl methyl sites for hydroxylation is 1. The normalized spacial score (nSPS) is 19.6. The molecule has 26 heavy (non-hydrogen) atoms. The van der Waals surface area contributed by atoms with Gasteiger partial charge < -0.3 is 20.7 Å². The molecule has 144 valence electrons. The minimum absolute atomic E-state index is 0.00483. The van der Waals surface area contributed by atoms with Crippen molar-refractivity contribution >= 4 is 11.9 Å². The maximum atomic E-state index is 12.2. The van der Waals surface area contributed by atoms with Crippen molar-refractivity contribution in [3.05, 3.63) is 35.4 Å². The summed E-state index contributed by atoms with van der Waals surface area (Å²) < 4.78 is 4.90. The van der Waals surface area contributed by atoms with Crippen molar-refractivity contribution in [2.75, 3.05) is 33.4 Å². The van der Waals surface area contributed by atoms with Gasteiger partial charge in [-0.05, 0) is 56.6 Å². The molecule has 0 aliphatic heterocycles. The van der Waals surface area contributed by atoms with Crippen molar-refractivity contribution in [3.63, 3.8) is 0 Å². The van der Waals surface area contributed by atoms with Gasteiger partial charge in [-0.3, -0.25) is 4.79 Å². The van der Waals surface area contributed by atoms with Crippen molar-refractivity contribution in [2.24, 2.45) is 11.8 Å². The number of carbonyl (C=O) groups is 2. The highest BCUT2D eigenvalue weighted by atomic mass is 16.5. The summed E-state index contributed by atoms with van der Waals surface area (Å²) in [5.41, 5.74) is 1.82. The zero-order chi connectivity index (χ0) is 18.8. The molecule has 6 heteroatoms. The highest BCUT2D eigenvalue weighted by molar-refractivity contribution is 5.94. The number of carbonyl (C=O) groups excluding carboxylic acids is 2. The van der Waals surface area contributed by atoms with Gasteiger partial charge in [0, 0.05) is 32.3 Å². The number of benzene rings is 1. The molecule has 0 unspecified atom stereocenters. The first-order valence-electron chi connectivity index (χ1n) is 9.44. The molecule has 0 atom stereocenters. The molecule has 1 fully saturated rings. The Morgan fingerprint density at radius 1 is 1.04 bits per heavy atom. The van der Waals surface area contributed by atoms with E-state index in [0.29, 0.717) is 31.5 Å². The SMILES string of the molecule is COCCNC(=O)NCC1CCC(CNC(=O)c2cccc(C)c2)CC1. The zero-order valence-corrected chi connectivity index (χ0v) is 15.8. The van der Waals surface area contributed by atoms with E-state index in [9.17, 15) is 9.59 Å². The Kier molecular flexibility index (Phi) is 8.41. The fourth-order valence-corrected chi connectivity index (χ4v) is 3.33. The average Bonchev–Trinajstić information content (AvgIpc) is 2.65. The van der Waals surface area contributed by atoms with Gasteiger partial charge in [0.25, 0.3) is 5.91 Å². The molecule has 0 spiro atoms. The minimum Gasteiger partial charge on any atom is -0.383 e. The molecule has 0 saturated heterocycles. The number of hydrogen-bond acceptors (Lipinski definition) is 3. The fraction of sp³-hybridized carbons (Fsp3) is 0.600. The number of methoxy groups -OCH3 is 1. The molecular formula is C20H31N3O3. The quantitative estimate of drug-likeness (QED) is 0.622. The first-order chi connectivity index (χ1) is 12.6. The van der Waals surface area contributed by atoms with Gasteiger partial charge in [-0.2, -0.15) is 0 Å². The van der Waals surface area contributed by atoms with Crippen LogP contribution in [0.5, 0.6) is 0 Å². The Labute approximate surface area is 156 Å². The lowest BCUT2D eigenvalue weighted by molar-refractivity contribution is 0.0941. The van der Waals surface area contributed by atoms with E-state index in [1.54, 1.807) is 7.11 Å². The zero-order valence-electron chi connectivity index (χ0n) is 15.8. The number of ether oxygens (including phenoxy) is 1. The molecule has 3 amide bonds. The number of urea groups is 1. The molecule has 6 nitrogen and oxygen atoms in total. The van der Waals surface area contributed by atoms with Crippen LogP contribution in [0.4, 0.5) is 4.79 Å². The smallest absolute Gasteiger partial charge is 0.314 e. The molecular weight excluding hydrogens is 330 g/mol. The lowest BCUT2D eigenvalue weighted by Crippen LogP contribution is -2.40. The van der Waals surface area contributed by atoms with Gasteiger partial charge in [-0.1, -0.05) is 17.7 Å². The van der Waals surface area contributed by atoms with Gasteiger partial charge in [0.2, 0.25) is 0 Å². The maximum Gasteiger partial charge on any atom is 0.314 e. The summed E-state index contributed by atoms with van der Waals surface area (Å²) in [5, 5.41) is 8.75. The van der Waals surface area contributed by atoms with Crippen LogP contribution in [0.1, 0.15) is 41.6 Å². The van der Waals surface area contributed by atoms with Crippen LogP contribution < -0.4 is 16.0 Å². The van der Waals surface area contributed by atoms with Crippen LogP contribution in [-0.4, -0.2) is 45.3 Å². The first kappa shape index (κ1) is 20.2. The van der Waals surface area contributed by atoms with E-state index in [1.165, 1.54) is 0 Å². The van der Waals surface area contributed by atoms with Crippen molar-refractivity contribution in [1.29, 1.82) is 0 Å². The van der Waals surface area contributed by atoms with E-state index < -0.39 is 0 Å². The molecule has 1 saturated carbocycles. The Balaban J connectivity index is 1.61. The van der Waals surface area contributed by atoms with Crippen LogP contribution in [0, 0.1) is 18.8 Å². The summed E-state index contributed by atoms with van der Waals surface area (Å²) in [4.78, 5) is 23.9. The van der Waals surface area contributed by atoms with Gasteiger partial charge >= 0.3 is 6.03 Å². The lowest BCUT2D eigenvalue weighted by atomic mass is 9.82. The fourth-order valence-electron chi connectivity index (χ4n) is 3.33. The topological polar surface area (TPSA) is 79.5 Å². The van der Waals surface area contributed by atoms with Crippen LogP contribution in [-0.2, 0) is 4.74 Å². The third kappa shape index (κ3) is 7.04. The molecule has 0 heterocycles. The third-order valence-electron chi connectivity index (χ3n) is 4.94. The van der Waals surface area contributed by atoms with E-state index in [2.05, 4.69) is 16.0 Å². The van der Waals surface area contributed by atoms with Gasteiger partial charge in [0.1, 0.15) is 0 Å². The van der Waals surface area contributed by atoms with E-state index >= 15 is 0 Å². The van der Waals surface area contributed by atoms with Crippen molar-refractivity contribution in [3.8, 4) is 0 Å². The molecule has 3 N–H and O–H groups in total. The Hall–Kier alpha value is -2.08. The first-order valence-corrected chi connectivity index (χ1v) is 9.44. The summed E-state index contributed by atoms with van der Waals surface area (Å²) in [6.07, 6.45) is 4.35. The average molecular weight is 361 g/mol. The molecule has 0 aromatic heterocycles. The maximum absolute atomic E-state index is 12.2. The second-order valence-electron chi connectivity index (χ2n) is 7.10. The summed E-state index contributed by atoms with van der Waals surface area (Å²) in [7, 11) is 1.61. The molecule has 2 rings (SSSR count). The molecule has 1 aromatic carbocycles. The number of nitrogens with one attached hydrogen (secondary N) is 3. The molecule has 1 aliphatic carbocycles. The van der Waals surface area contributed by atoms with Gasteiger partial charge in [0.05, 0.1) is 6.61 Å². The Bertz CT molecular complexity index is 583. The predicted molar refractivity (Wildman–Crippen MR) is 102 cm³/mol. The predicted octanol–water partition coefficient (Wildman–Crippen LogP) is 2.48. The largest absolute Gasteiger partial charge is 0.383 e. The van der Waals surface area contributed by atoms with E-state index in [1.807, 2.05) is 31.2 Å². The van der Waals surface area contributed by atoms with Crippen LogP contribution >= 0.6 is 0 Å². The number of rotatable bonds is 8. The van der Waals surface area contributed by atoms with Gasteiger partial charge in [-0.15, -0.1) is 0 Å². The van der Waals surface area contributed by atoms with Crippen molar-refractivity contribution < 1.29 is 14.3 Å². The van der Waals surface area contributed by atoms with Crippen LogP contribution in [0.15, 0.2) is 24.3 Å². The third-order valence-corrected chi connectivity index (χ3v) is 4.94. The Morgan fingerprint density at radius 3 is 2.31 bits per heavy atom. The van der Waals surface area contributed by atoms with Crippen LogP contribution in [0.25, 0.3) is 0 Å². The van der Waals surface area contributed by atoms with Gasteiger partial charge in [0.15, 0.2) is 0 Å². The molecule has 1 aromatic rings. The number of hydrogen-bond donors (Lipinski definition) is 3. The monoisotopic (exact) mass is 361 g/mol. The lowest BCUT2D eigenvalue weighted by Gasteiger charge is -2.28. The minimum atomic E-state index is -0.130. The molecule has 1 aliphatic rings. The van der Waals surface area contributed by atoms with Crippen LogP contribution in [0.3, 0.4) is 0 Å².